The van der Waals surface area contributed by atoms with Crippen LogP contribution in [0.1, 0.15) is 44.5 Å². The van der Waals surface area contributed by atoms with Crippen LogP contribution in [0.4, 0.5) is 0 Å². The van der Waals surface area contributed by atoms with Crippen molar-refractivity contribution in [1.82, 2.24) is 24.5 Å². The van der Waals surface area contributed by atoms with Crippen LogP contribution in [0, 0.1) is 10.7 Å². The lowest BCUT2D eigenvalue weighted by Crippen LogP contribution is -2.32. The SMILES string of the molecule is CC[C@H](C)NC(=O)c1ccc2c(=O)n(CC(C)C)c3n[nH]c(=S)n3c2c1. The number of fused-ring (bicyclic) bond motifs is 3. The van der Waals surface area contributed by atoms with Gasteiger partial charge in [0.05, 0.1) is 10.9 Å². The molecule has 0 aliphatic rings. The van der Waals surface area contributed by atoms with Crippen LogP contribution in [0.25, 0.3) is 16.7 Å². The number of aromatic amines is 1. The number of hydrogen-bond acceptors (Lipinski definition) is 4. The zero-order valence-electron chi connectivity index (χ0n) is 15.4. The lowest BCUT2D eigenvalue weighted by molar-refractivity contribution is 0.0939. The van der Waals surface area contributed by atoms with Gasteiger partial charge in [-0.1, -0.05) is 20.8 Å². The van der Waals surface area contributed by atoms with Crippen molar-refractivity contribution in [3.8, 4) is 0 Å². The number of carbonyl (C=O) groups excluding carboxylic acids is 1. The fraction of sp³-hybridized carbons (Fsp3) is 0.444. The lowest BCUT2D eigenvalue weighted by Gasteiger charge is -2.14. The molecular weight excluding hydrogens is 350 g/mol. The summed E-state index contributed by atoms with van der Waals surface area (Å²) in [5, 5.41) is 10.4. The van der Waals surface area contributed by atoms with Crippen molar-refractivity contribution in [3.05, 3.63) is 38.9 Å². The monoisotopic (exact) mass is 373 g/mol. The van der Waals surface area contributed by atoms with E-state index < -0.39 is 0 Å². The predicted molar refractivity (Wildman–Crippen MR) is 104 cm³/mol. The van der Waals surface area contributed by atoms with E-state index in [-0.39, 0.29) is 23.4 Å². The van der Waals surface area contributed by atoms with Gasteiger partial charge in [-0.3, -0.25) is 18.6 Å². The first-order chi connectivity index (χ1) is 12.3. The summed E-state index contributed by atoms with van der Waals surface area (Å²) in [6.07, 6.45) is 0.844. The first-order valence-corrected chi connectivity index (χ1v) is 9.18. The Hall–Kier alpha value is -2.48. The number of nitrogens with one attached hydrogen (secondary N) is 2. The van der Waals surface area contributed by atoms with Gasteiger partial charge in [0.25, 0.3) is 11.5 Å². The van der Waals surface area contributed by atoms with Crippen molar-refractivity contribution in [3.63, 3.8) is 0 Å². The number of benzene rings is 1. The van der Waals surface area contributed by atoms with Gasteiger partial charge in [-0.05, 0) is 49.7 Å². The molecule has 26 heavy (non-hydrogen) atoms. The molecule has 3 rings (SSSR count). The van der Waals surface area contributed by atoms with Gasteiger partial charge in [-0.25, -0.2) is 5.10 Å². The van der Waals surface area contributed by atoms with Crippen molar-refractivity contribution < 1.29 is 4.79 Å². The van der Waals surface area contributed by atoms with Gasteiger partial charge in [0.1, 0.15) is 0 Å². The Bertz CT molecular complexity index is 1090. The molecule has 1 aromatic carbocycles. The van der Waals surface area contributed by atoms with Gasteiger partial charge in [-0.2, -0.15) is 0 Å². The molecular formula is C18H23N5O2S. The molecule has 0 saturated heterocycles. The minimum absolute atomic E-state index is 0.0772. The smallest absolute Gasteiger partial charge is 0.262 e. The number of nitrogens with zero attached hydrogens (tertiary/aromatic N) is 3. The van der Waals surface area contributed by atoms with E-state index >= 15 is 0 Å². The summed E-state index contributed by atoms with van der Waals surface area (Å²) >= 11 is 5.36. The Morgan fingerprint density at radius 1 is 1.35 bits per heavy atom. The van der Waals surface area contributed by atoms with Crippen molar-refractivity contribution in [2.24, 2.45) is 5.92 Å². The van der Waals surface area contributed by atoms with E-state index in [2.05, 4.69) is 15.5 Å². The van der Waals surface area contributed by atoms with Crippen LogP contribution in [0.15, 0.2) is 23.0 Å². The van der Waals surface area contributed by atoms with Crippen LogP contribution in [0.2, 0.25) is 0 Å². The number of aromatic nitrogens is 4. The normalized spacial score (nSPS) is 12.8. The molecule has 0 unspecified atom stereocenters. The molecule has 2 N–H and O–H groups in total. The molecule has 1 atom stereocenters. The Kier molecular flexibility index (Phi) is 4.95. The number of amides is 1. The van der Waals surface area contributed by atoms with E-state index in [0.29, 0.717) is 33.6 Å². The quantitative estimate of drug-likeness (QED) is 0.674. The maximum atomic E-state index is 13.0. The van der Waals surface area contributed by atoms with Crippen molar-refractivity contribution in [2.45, 2.75) is 46.7 Å². The van der Waals surface area contributed by atoms with Crippen LogP contribution < -0.4 is 10.9 Å². The second-order valence-electron chi connectivity index (χ2n) is 6.99. The Labute approximate surface area is 156 Å². The molecule has 0 aliphatic heterocycles. The molecule has 0 saturated carbocycles. The maximum Gasteiger partial charge on any atom is 0.262 e. The topological polar surface area (TPSA) is 84.2 Å². The first kappa shape index (κ1) is 18.3. The molecule has 0 aliphatic carbocycles. The van der Waals surface area contributed by atoms with Crippen LogP contribution >= 0.6 is 12.2 Å². The summed E-state index contributed by atoms with van der Waals surface area (Å²) in [4.78, 5) is 25.4. The average molecular weight is 373 g/mol. The van der Waals surface area contributed by atoms with Crippen molar-refractivity contribution in [1.29, 1.82) is 0 Å². The van der Waals surface area contributed by atoms with E-state index in [0.717, 1.165) is 6.42 Å². The summed E-state index contributed by atoms with van der Waals surface area (Å²) in [6.45, 7) is 8.58. The molecule has 0 fully saturated rings. The summed E-state index contributed by atoms with van der Waals surface area (Å²) in [5.41, 5.74) is 0.938. The number of H-pyrrole nitrogens is 1. The fourth-order valence-electron chi connectivity index (χ4n) is 2.90. The highest BCUT2D eigenvalue weighted by molar-refractivity contribution is 7.71. The zero-order valence-corrected chi connectivity index (χ0v) is 16.2. The van der Waals surface area contributed by atoms with E-state index in [1.807, 2.05) is 27.7 Å². The molecule has 2 heterocycles. The summed E-state index contributed by atoms with van der Waals surface area (Å²) in [5.74, 6) is 0.566. The van der Waals surface area contributed by atoms with Gasteiger partial charge in [0.2, 0.25) is 10.5 Å². The molecule has 8 heteroatoms. The third kappa shape index (κ3) is 3.16. The minimum Gasteiger partial charge on any atom is -0.350 e. The average Bonchev–Trinajstić information content (AvgIpc) is 2.99. The highest BCUT2D eigenvalue weighted by Gasteiger charge is 2.16. The third-order valence-corrected chi connectivity index (χ3v) is 4.68. The highest BCUT2D eigenvalue weighted by Crippen LogP contribution is 2.16. The standard InChI is InChI=1S/C18H23N5O2S/c1-5-11(4)19-15(24)12-6-7-13-14(8-12)23-17(20-21-18(23)26)22(16(13)25)9-10(2)3/h6-8,10-11H,5,9H2,1-4H3,(H,19,24)(H,21,26)/t11-/m0/s1. The second-order valence-corrected chi connectivity index (χ2v) is 7.38. The molecule has 1 amide bonds. The Morgan fingerprint density at radius 2 is 2.08 bits per heavy atom. The van der Waals surface area contributed by atoms with Crippen LogP contribution in [-0.2, 0) is 6.54 Å². The molecule has 0 radical (unpaired) electrons. The zero-order chi connectivity index (χ0) is 19.0. The number of carbonyl (C=O) groups is 1. The van der Waals surface area contributed by atoms with Gasteiger partial charge in [-0.15, -0.1) is 5.10 Å². The molecule has 138 valence electrons. The van der Waals surface area contributed by atoms with Crippen LogP contribution in [0.5, 0.6) is 0 Å². The highest BCUT2D eigenvalue weighted by atomic mass is 32.1. The fourth-order valence-corrected chi connectivity index (χ4v) is 3.13. The van der Waals surface area contributed by atoms with E-state index in [1.54, 1.807) is 27.2 Å². The Balaban J connectivity index is 2.26. The van der Waals surface area contributed by atoms with Gasteiger partial charge in [0.15, 0.2) is 0 Å². The summed E-state index contributed by atoms with van der Waals surface area (Å²) < 4.78 is 3.73. The predicted octanol–water partition coefficient (Wildman–Crippen LogP) is 2.89. The molecule has 3 aromatic rings. The lowest BCUT2D eigenvalue weighted by atomic mass is 10.1. The van der Waals surface area contributed by atoms with Gasteiger partial charge >= 0.3 is 0 Å². The van der Waals surface area contributed by atoms with Crippen molar-refractivity contribution >= 4 is 34.8 Å². The molecule has 7 nitrogen and oxygen atoms in total. The van der Waals surface area contributed by atoms with Crippen molar-refractivity contribution in [2.75, 3.05) is 0 Å². The van der Waals surface area contributed by atoms with Gasteiger partial charge < -0.3 is 5.32 Å². The molecule has 0 bridgehead atoms. The third-order valence-electron chi connectivity index (χ3n) is 4.41. The van der Waals surface area contributed by atoms with Gasteiger partial charge in [0, 0.05) is 18.2 Å². The second kappa shape index (κ2) is 7.03. The van der Waals surface area contributed by atoms with E-state index in [9.17, 15) is 9.59 Å². The first-order valence-electron chi connectivity index (χ1n) is 8.78. The van der Waals surface area contributed by atoms with E-state index in [4.69, 9.17) is 12.2 Å². The Morgan fingerprint density at radius 3 is 2.73 bits per heavy atom. The molecule has 2 aromatic heterocycles. The molecule has 0 spiro atoms. The number of rotatable bonds is 5. The largest absolute Gasteiger partial charge is 0.350 e. The van der Waals surface area contributed by atoms with E-state index in [1.165, 1.54) is 0 Å². The summed E-state index contributed by atoms with van der Waals surface area (Å²) in [7, 11) is 0. The van der Waals surface area contributed by atoms with Crippen LogP contribution in [0.3, 0.4) is 0 Å². The van der Waals surface area contributed by atoms with Crippen LogP contribution in [-0.4, -0.2) is 31.1 Å². The maximum absolute atomic E-state index is 13.0. The minimum atomic E-state index is -0.171. The summed E-state index contributed by atoms with van der Waals surface area (Å²) in [6, 6.07) is 5.14. The number of hydrogen-bond donors (Lipinski definition) is 2.